The summed E-state index contributed by atoms with van der Waals surface area (Å²) >= 11 is 0. The van der Waals surface area contributed by atoms with Crippen molar-refractivity contribution < 1.29 is 13.7 Å². The van der Waals surface area contributed by atoms with Gasteiger partial charge in [0, 0.05) is 43.5 Å². The summed E-state index contributed by atoms with van der Waals surface area (Å²) in [6.07, 6.45) is 3.17. The summed E-state index contributed by atoms with van der Waals surface area (Å²) in [4.78, 5) is 15.0. The van der Waals surface area contributed by atoms with Gasteiger partial charge in [0.15, 0.2) is 0 Å². The van der Waals surface area contributed by atoms with Crippen molar-refractivity contribution in [1.29, 1.82) is 0 Å². The Balaban J connectivity index is 1.42. The van der Waals surface area contributed by atoms with Crippen LogP contribution in [-0.4, -0.2) is 53.7 Å². The van der Waals surface area contributed by atoms with E-state index in [9.17, 15) is 9.00 Å². The van der Waals surface area contributed by atoms with Crippen LogP contribution in [0.4, 0.5) is 4.79 Å². The molecule has 1 aromatic rings. The zero-order chi connectivity index (χ0) is 16.1. The van der Waals surface area contributed by atoms with E-state index in [1.165, 1.54) is 0 Å². The zero-order valence-corrected chi connectivity index (χ0v) is 14.1. The first-order valence-corrected chi connectivity index (χ1v) is 9.54. The Hall–Kier alpha value is -1.40. The quantitative estimate of drug-likeness (QED) is 0.915. The number of ether oxygens (including phenoxy) is 1. The van der Waals surface area contributed by atoms with Gasteiger partial charge in [0.25, 0.3) is 0 Å². The molecule has 6 heteroatoms. The van der Waals surface area contributed by atoms with Crippen LogP contribution in [0.5, 0.6) is 0 Å². The number of carbonyl (C=O) groups is 1. The first kappa shape index (κ1) is 16.5. The minimum atomic E-state index is -1.06. The third-order valence-electron chi connectivity index (χ3n) is 4.85. The number of amides is 2. The van der Waals surface area contributed by atoms with Gasteiger partial charge in [-0.25, -0.2) is 4.79 Å². The lowest BCUT2D eigenvalue weighted by molar-refractivity contribution is 0.0209. The van der Waals surface area contributed by atoms with Crippen LogP contribution in [0.25, 0.3) is 0 Å². The standard InChI is InChI=1S/C17H24N2O3S/c20-16(18-9-13-23(21)15-4-2-1-3-5-15)19-10-6-17(14-19)7-11-22-12-8-17/h1-5H,6-14H2,(H,18,20)/t23-/m0/s1. The van der Waals surface area contributed by atoms with Crippen LogP contribution < -0.4 is 5.32 Å². The molecule has 126 valence electrons. The van der Waals surface area contributed by atoms with E-state index in [2.05, 4.69) is 5.32 Å². The number of likely N-dealkylation sites (tertiary alicyclic amines) is 1. The number of urea groups is 1. The molecule has 2 amide bonds. The number of carbonyl (C=O) groups excluding carboxylic acids is 1. The molecule has 2 saturated heterocycles. The van der Waals surface area contributed by atoms with Gasteiger partial charge in [-0.2, -0.15) is 0 Å². The largest absolute Gasteiger partial charge is 0.381 e. The molecule has 0 radical (unpaired) electrons. The van der Waals surface area contributed by atoms with Gasteiger partial charge in [0.2, 0.25) is 0 Å². The third-order valence-corrected chi connectivity index (χ3v) is 6.22. The second kappa shape index (κ2) is 7.45. The number of benzene rings is 1. The van der Waals surface area contributed by atoms with Crippen LogP contribution in [0.15, 0.2) is 35.2 Å². The molecule has 1 spiro atoms. The second-order valence-electron chi connectivity index (χ2n) is 6.38. The Morgan fingerprint density at radius 1 is 1.22 bits per heavy atom. The van der Waals surface area contributed by atoms with Crippen molar-refractivity contribution in [2.24, 2.45) is 5.41 Å². The maximum absolute atomic E-state index is 12.3. The van der Waals surface area contributed by atoms with Gasteiger partial charge in [0.1, 0.15) is 0 Å². The predicted octanol–water partition coefficient (Wildman–Crippen LogP) is 2.01. The summed E-state index contributed by atoms with van der Waals surface area (Å²) in [6, 6.07) is 9.34. The highest BCUT2D eigenvalue weighted by Crippen LogP contribution is 2.39. The molecule has 2 aliphatic rings. The Morgan fingerprint density at radius 2 is 1.96 bits per heavy atom. The topological polar surface area (TPSA) is 58.6 Å². The average molecular weight is 336 g/mol. The molecule has 2 aliphatic heterocycles. The fraction of sp³-hybridized carbons (Fsp3) is 0.588. The van der Waals surface area contributed by atoms with Gasteiger partial charge in [0.05, 0.1) is 10.8 Å². The molecular weight excluding hydrogens is 312 g/mol. The molecule has 0 aromatic heterocycles. The smallest absolute Gasteiger partial charge is 0.317 e. The van der Waals surface area contributed by atoms with Gasteiger partial charge in [-0.15, -0.1) is 0 Å². The van der Waals surface area contributed by atoms with Crippen molar-refractivity contribution in [3.05, 3.63) is 30.3 Å². The van der Waals surface area contributed by atoms with E-state index in [-0.39, 0.29) is 11.4 Å². The molecule has 0 aliphatic carbocycles. The normalized spacial score (nSPS) is 21.3. The highest BCUT2D eigenvalue weighted by molar-refractivity contribution is 7.85. The van der Waals surface area contributed by atoms with E-state index >= 15 is 0 Å². The van der Waals surface area contributed by atoms with E-state index < -0.39 is 10.8 Å². The molecule has 0 bridgehead atoms. The van der Waals surface area contributed by atoms with Gasteiger partial charge in [-0.1, -0.05) is 18.2 Å². The molecule has 23 heavy (non-hydrogen) atoms. The van der Waals surface area contributed by atoms with E-state index in [0.717, 1.165) is 50.5 Å². The van der Waals surface area contributed by atoms with Crippen LogP contribution >= 0.6 is 0 Å². The molecule has 2 heterocycles. The highest BCUT2D eigenvalue weighted by Gasteiger charge is 2.40. The van der Waals surface area contributed by atoms with Crippen molar-refractivity contribution in [3.8, 4) is 0 Å². The van der Waals surface area contributed by atoms with Gasteiger partial charge >= 0.3 is 6.03 Å². The van der Waals surface area contributed by atoms with Crippen molar-refractivity contribution in [2.45, 2.75) is 24.2 Å². The number of hydrogen-bond donors (Lipinski definition) is 1. The highest BCUT2D eigenvalue weighted by atomic mass is 32.2. The first-order valence-electron chi connectivity index (χ1n) is 8.23. The summed E-state index contributed by atoms with van der Waals surface area (Å²) < 4.78 is 17.6. The van der Waals surface area contributed by atoms with Gasteiger partial charge in [-0.05, 0) is 36.8 Å². The van der Waals surface area contributed by atoms with E-state index in [1.54, 1.807) is 0 Å². The van der Waals surface area contributed by atoms with Crippen LogP contribution in [0.3, 0.4) is 0 Å². The zero-order valence-electron chi connectivity index (χ0n) is 13.3. The minimum Gasteiger partial charge on any atom is -0.381 e. The Kier molecular flexibility index (Phi) is 5.33. The molecular formula is C17H24N2O3S. The molecule has 0 saturated carbocycles. The fourth-order valence-corrected chi connectivity index (χ4v) is 4.36. The number of rotatable bonds is 4. The van der Waals surface area contributed by atoms with Crippen molar-refractivity contribution in [3.63, 3.8) is 0 Å². The summed E-state index contributed by atoms with van der Waals surface area (Å²) in [5, 5.41) is 2.91. The Bertz CT molecular complexity index is 558. The van der Waals surface area contributed by atoms with E-state index in [1.807, 2.05) is 35.2 Å². The molecule has 1 aromatic carbocycles. The maximum Gasteiger partial charge on any atom is 0.317 e. The third kappa shape index (κ3) is 4.12. The Morgan fingerprint density at radius 3 is 2.70 bits per heavy atom. The van der Waals surface area contributed by atoms with Crippen LogP contribution in [0.1, 0.15) is 19.3 Å². The van der Waals surface area contributed by atoms with Crippen molar-refractivity contribution in [2.75, 3.05) is 38.6 Å². The number of hydrogen-bond acceptors (Lipinski definition) is 3. The van der Waals surface area contributed by atoms with Crippen molar-refractivity contribution in [1.82, 2.24) is 10.2 Å². The molecule has 1 atom stereocenters. The lowest BCUT2D eigenvalue weighted by atomic mass is 9.80. The fourth-order valence-electron chi connectivity index (χ4n) is 3.37. The van der Waals surface area contributed by atoms with Crippen LogP contribution in [0.2, 0.25) is 0 Å². The molecule has 2 fully saturated rings. The van der Waals surface area contributed by atoms with Gasteiger partial charge in [-0.3, -0.25) is 4.21 Å². The lowest BCUT2D eigenvalue weighted by Crippen LogP contribution is -2.42. The number of nitrogens with one attached hydrogen (secondary N) is 1. The molecule has 3 rings (SSSR count). The van der Waals surface area contributed by atoms with E-state index in [4.69, 9.17) is 4.74 Å². The second-order valence-corrected chi connectivity index (χ2v) is 7.95. The lowest BCUT2D eigenvalue weighted by Gasteiger charge is -2.33. The molecule has 5 nitrogen and oxygen atoms in total. The predicted molar refractivity (Wildman–Crippen MR) is 89.8 cm³/mol. The molecule has 1 N–H and O–H groups in total. The SMILES string of the molecule is O=C(NCC[S@](=O)c1ccccc1)N1CCC2(CCOCC2)C1. The number of nitrogens with zero attached hydrogens (tertiary/aromatic N) is 1. The maximum atomic E-state index is 12.3. The average Bonchev–Trinajstić information content (AvgIpc) is 2.99. The summed E-state index contributed by atoms with van der Waals surface area (Å²) in [6.45, 7) is 3.70. The van der Waals surface area contributed by atoms with Crippen LogP contribution in [-0.2, 0) is 15.5 Å². The molecule has 0 unspecified atom stereocenters. The summed E-state index contributed by atoms with van der Waals surface area (Å²) in [5.74, 6) is 0.447. The van der Waals surface area contributed by atoms with Crippen LogP contribution in [0, 0.1) is 5.41 Å². The van der Waals surface area contributed by atoms with Gasteiger partial charge < -0.3 is 15.0 Å². The minimum absolute atomic E-state index is 0.0292. The Labute approximate surface area is 139 Å². The summed E-state index contributed by atoms with van der Waals surface area (Å²) in [5.41, 5.74) is 0.266. The van der Waals surface area contributed by atoms with Crippen molar-refractivity contribution >= 4 is 16.8 Å². The first-order chi connectivity index (χ1) is 11.2. The summed E-state index contributed by atoms with van der Waals surface area (Å²) in [7, 11) is -1.06. The van der Waals surface area contributed by atoms with E-state index in [0.29, 0.717) is 12.3 Å². The monoisotopic (exact) mass is 336 g/mol.